The summed E-state index contributed by atoms with van der Waals surface area (Å²) in [5, 5.41) is 7.50. The van der Waals surface area contributed by atoms with Crippen LogP contribution >= 0.6 is 0 Å². The third-order valence-corrected chi connectivity index (χ3v) is 2.58. The van der Waals surface area contributed by atoms with Gasteiger partial charge in [-0.1, -0.05) is 0 Å². The maximum Gasteiger partial charge on any atom is 0.0746 e. The lowest BCUT2D eigenvalue weighted by atomic mass is 10.1. The summed E-state index contributed by atoms with van der Waals surface area (Å²) >= 11 is 0. The second-order valence-electron chi connectivity index (χ2n) is 4.34. The van der Waals surface area contributed by atoms with Gasteiger partial charge in [0, 0.05) is 45.6 Å². The zero-order chi connectivity index (χ0) is 11.3. The SMILES string of the molecule is COC(C)(C)CNCCc1ccnn1C. The molecule has 0 saturated heterocycles. The van der Waals surface area contributed by atoms with Crippen LogP contribution in [0.15, 0.2) is 12.3 Å². The monoisotopic (exact) mass is 211 g/mol. The average Bonchev–Trinajstić information content (AvgIpc) is 2.59. The summed E-state index contributed by atoms with van der Waals surface area (Å²) in [5.41, 5.74) is 1.16. The van der Waals surface area contributed by atoms with E-state index in [0.29, 0.717) is 0 Å². The van der Waals surface area contributed by atoms with Crippen LogP contribution < -0.4 is 5.32 Å². The van der Waals surface area contributed by atoms with Crippen molar-refractivity contribution in [2.75, 3.05) is 20.2 Å². The number of hydrogen-bond acceptors (Lipinski definition) is 3. The fourth-order valence-electron chi connectivity index (χ4n) is 1.32. The summed E-state index contributed by atoms with van der Waals surface area (Å²) in [5.74, 6) is 0. The molecule has 0 fully saturated rings. The molecule has 0 unspecified atom stereocenters. The molecule has 1 aromatic heterocycles. The first-order valence-electron chi connectivity index (χ1n) is 5.28. The first kappa shape index (κ1) is 12.2. The first-order chi connectivity index (χ1) is 7.05. The van der Waals surface area contributed by atoms with Crippen LogP contribution in [0, 0.1) is 0 Å². The van der Waals surface area contributed by atoms with Crippen molar-refractivity contribution in [3.05, 3.63) is 18.0 Å². The summed E-state index contributed by atoms with van der Waals surface area (Å²) in [6.07, 6.45) is 2.82. The van der Waals surface area contributed by atoms with Gasteiger partial charge in [0.2, 0.25) is 0 Å². The Bertz CT molecular complexity index is 294. The number of aryl methyl sites for hydroxylation is 1. The molecule has 1 N–H and O–H groups in total. The third-order valence-electron chi connectivity index (χ3n) is 2.58. The van der Waals surface area contributed by atoms with E-state index in [4.69, 9.17) is 4.74 Å². The summed E-state index contributed by atoms with van der Waals surface area (Å²) in [6, 6.07) is 2.04. The van der Waals surface area contributed by atoms with Gasteiger partial charge in [0.15, 0.2) is 0 Å². The molecule has 0 aromatic carbocycles. The molecule has 4 nitrogen and oxygen atoms in total. The minimum atomic E-state index is -0.0908. The number of nitrogens with one attached hydrogen (secondary N) is 1. The molecule has 0 aliphatic carbocycles. The van der Waals surface area contributed by atoms with Crippen LogP contribution in [0.2, 0.25) is 0 Å². The number of aromatic nitrogens is 2. The average molecular weight is 211 g/mol. The van der Waals surface area contributed by atoms with E-state index in [-0.39, 0.29) is 5.60 Å². The van der Waals surface area contributed by atoms with E-state index in [1.54, 1.807) is 7.11 Å². The maximum absolute atomic E-state index is 5.32. The lowest BCUT2D eigenvalue weighted by Crippen LogP contribution is -2.37. The van der Waals surface area contributed by atoms with E-state index in [9.17, 15) is 0 Å². The van der Waals surface area contributed by atoms with Gasteiger partial charge in [0.05, 0.1) is 5.60 Å². The van der Waals surface area contributed by atoms with Gasteiger partial charge in [-0.25, -0.2) is 0 Å². The topological polar surface area (TPSA) is 39.1 Å². The Morgan fingerprint density at radius 3 is 2.80 bits per heavy atom. The highest BCUT2D eigenvalue weighted by atomic mass is 16.5. The molecule has 15 heavy (non-hydrogen) atoms. The van der Waals surface area contributed by atoms with Crippen LogP contribution in [0.3, 0.4) is 0 Å². The molecular formula is C11H21N3O. The minimum Gasteiger partial charge on any atom is -0.377 e. The second-order valence-corrected chi connectivity index (χ2v) is 4.34. The normalized spacial score (nSPS) is 12.0. The van der Waals surface area contributed by atoms with Crippen LogP contribution in [0.5, 0.6) is 0 Å². The van der Waals surface area contributed by atoms with Crippen molar-refractivity contribution < 1.29 is 4.74 Å². The molecule has 0 atom stereocenters. The Morgan fingerprint density at radius 1 is 1.53 bits per heavy atom. The molecule has 0 spiro atoms. The number of hydrogen-bond donors (Lipinski definition) is 1. The van der Waals surface area contributed by atoms with E-state index in [1.165, 1.54) is 5.69 Å². The van der Waals surface area contributed by atoms with E-state index >= 15 is 0 Å². The van der Waals surface area contributed by atoms with Crippen molar-refractivity contribution >= 4 is 0 Å². The quantitative estimate of drug-likeness (QED) is 0.713. The van der Waals surface area contributed by atoms with Gasteiger partial charge >= 0.3 is 0 Å². The third kappa shape index (κ3) is 4.01. The molecule has 1 heterocycles. The van der Waals surface area contributed by atoms with E-state index in [1.807, 2.05) is 24.0 Å². The Labute approximate surface area is 91.6 Å². The lowest BCUT2D eigenvalue weighted by molar-refractivity contribution is 0.0235. The summed E-state index contributed by atoms with van der Waals surface area (Å²) < 4.78 is 7.22. The van der Waals surface area contributed by atoms with Crippen molar-refractivity contribution in [3.63, 3.8) is 0 Å². The van der Waals surface area contributed by atoms with Crippen molar-refractivity contribution in [2.24, 2.45) is 7.05 Å². The molecule has 0 saturated carbocycles. The highest BCUT2D eigenvalue weighted by Crippen LogP contribution is 2.04. The van der Waals surface area contributed by atoms with Gasteiger partial charge in [-0.15, -0.1) is 0 Å². The fourth-order valence-corrected chi connectivity index (χ4v) is 1.32. The molecular weight excluding hydrogens is 190 g/mol. The first-order valence-corrected chi connectivity index (χ1v) is 5.28. The Morgan fingerprint density at radius 2 is 2.27 bits per heavy atom. The second kappa shape index (κ2) is 5.28. The van der Waals surface area contributed by atoms with Gasteiger partial charge in [0.25, 0.3) is 0 Å². The van der Waals surface area contributed by atoms with E-state index < -0.39 is 0 Å². The highest BCUT2D eigenvalue weighted by molar-refractivity contribution is 5.00. The Balaban J connectivity index is 2.20. The Kier molecular flexibility index (Phi) is 4.29. The number of ether oxygens (including phenoxy) is 1. The smallest absolute Gasteiger partial charge is 0.0746 e. The molecule has 0 radical (unpaired) electrons. The van der Waals surface area contributed by atoms with Gasteiger partial charge in [-0.2, -0.15) is 5.10 Å². The number of nitrogens with zero attached hydrogens (tertiary/aromatic N) is 2. The Hall–Kier alpha value is -0.870. The van der Waals surface area contributed by atoms with Crippen molar-refractivity contribution in [2.45, 2.75) is 25.9 Å². The molecule has 0 bridgehead atoms. The summed E-state index contributed by atoms with van der Waals surface area (Å²) in [7, 11) is 3.71. The van der Waals surface area contributed by atoms with Crippen LogP contribution in [0.25, 0.3) is 0 Å². The largest absolute Gasteiger partial charge is 0.377 e. The number of rotatable bonds is 6. The van der Waals surface area contributed by atoms with Crippen molar-refractivity contribution in [1.82, 2.24) is 15.1 Å². The zero-order valence-corrected chi connectivity index (χ0v) is 10.1. The molecule has 0 aliphatic rings. The predicted molar refractivity (Wildman–Crippen MR) is 60.9 cm³/mol. The van der Waals surface area contributed by atoms with E-state index in [2.05, 4.69) is 24.3 Å². The number of methoxy groups -OCH3 is 1. The molecule has 0 amide bonds. The van der Waals surface area contributed by atoms with Crippen molar-refractivity contribution in [1.29, 1.82) is 0 Å². The minimum absolute atomic E-state index is 0.0908. The molecule has 86 valence electrons. The van der Waals surface area contributed by atoms with Gasteiger partial charge in [-0.3, -0.25) is 4.68 Å². The highest BCUT2D eigenvalue weighted by Gasteiger charge is 2.14. The summed E-state index contributed by atoms with van der Waals surface area (Å²) in [4.78, 5) is 0. The molecule has 1 aromatic rings. The van der Waals surface area contributed by atoms with Crippen LogP contribution in [0.1, 0.15) is 19.5 Å². The predicted octanol–water partition coefficient (Wildman–Crippen LogP) is 0.977. The van der Waals surface area contributed by atoms with Gasteiger partial charge < -0.3 is 10.1 Å². The van der Waals surface area contributed by atoms with Crippen molar-refractivity contribution in [3.8, 4) is 0 Å². The molecule has 0 aliphatic heterocycles. The standard InChI is InChI=1S/C11H21N3O/c1-11(2,15-4)9-12-7-5-10-6-8-13-14(10)3/h6,8,12H,5,7,9H2,1-4H3. The fraction of sp³-hybridized carbons (Fsp3) is 0.727. The zero-order valence-electron chi connectivity index (χ0n) is 10.1. The van der Waals surface area contributed by atoms with E-state index in [0.717, 1.165) is 19.5 Å². The van der Waals surface area contributed by atoms with Crippen LogP contribution in [0.4, 0.5) is 0 Å². The maximum atomic E-state index is 5.32. The summed E-state index contributed by atoms with van der Waals surface area (Å²) in [6.45, 7) is 5.96. The van der Waals surface area contributed by atoms with Gasteiger partial charge in [0.1, 0.15) is 0 Å². The molecule has 1 rings (SSSR count). The molecule has 4 heteroatoms. The lowest BCUT2D eigenvalue weighted by Gasteiger charge is -2.23. The van der Waals surface area contributed by atoms with Crippen LogP contribution in [-0.4, -0.2) is 35.6 Å². The van der Waals surface area contributed by atoms with Gasteiger partial charge in [-0.05, 0) is 19.9 Å². The van der Waals surface area contributed by atoms with Crippen LogP contribution in [-0.2, 0) is 18.2 Å².